The zero-order valence-corrected chi connectivity index (χ0v) is 9.60. The standard InChI is InChI=1S/C11H16FNOS/c1-14-5-6-15-8-11(13)9-3-2-4-10(12)7-9/h2-4,7,11H,5-6,8,13H2,1H3. The molecule has 1 aromatic rings. The molecule has 0 aliphatic carbocycles. The Labute approximate surface area is 94.0 Å². The Hall–Kier alpha value is -0.580. The minimum Gasteiger partial charge on any atom is -0.384 e. The molecule has 15 heavy (non-hydrogen) atoms. The molecule has 4 heteroatoms. The fraction of sp³-hybridized carbons (Fsp3) is 0.455. The van der Waals surface area contributed by atoms with Gasteiger partial charge in [0, 0.05) is 24.7 Å². The van der Waals surface area contributed by atoms with Crippen LogP contribution in [0.15, 0.2) is 24.3 Å². The second-order valence-corrected chi connectivity index (χ2v) is 4.38. The topological polar surface area (TPSA) is 35.2 Å². The number of nitrogens with two attached hydrogens (primary N) is 1. The Kier molecular flexibility index (Phi) is 5.68. The molecule has 0 radical (unpaired) electrons. The lowest BCUT2D eigenvalue weighted by Gasteiger charge is -2.11. The van der Waals surface area contributed by atoms with E-state index in [-0.39, 0.29) is 11.9 Å². The summed E-state index contributed by atoms with van der Waals surface area (Å²) < 4.78 is 17.8. The second-order valence-electron chi connectivity index (χ2n) is 3.23. The molecule has 84 valence electrons. The highest BCUT2D eigenvalue weighted by Crippen LogP contribution is 2.16. The van der Waals surface area contributed by atoms with Crippen molar-refractivity contribution >= 4 is 11.8 Å². The Bertz CT molecular complexity index is 296. The van der Waals surface area contributed by atoms with Crippen LogP contribution in [0.5, 0.6) is 0 Å². The van der Waals surface area contributed by atoms with Gasteiger partial charge in [-0.2, -0.15) is 11.8 Å². The number of ether oxygens (including phenoxy) is 1. The molecule has 1 rings (SSSR count). The molecule has 0 amide bonds. The van der Waals surface area contributed by atoms with Crippen LogP contribution in [0.3, 0.4) is 0 Å². The highest BCUT2D eigenvalue weighted by atomic mass is 32.2. The quantitative estimate of drug-likeness (QED) is 0.760. The van der Waals surface area contributed by atoms with Gasteiger partial charge in [0.15, 0.2) is 0 Å². The molecule has 0 fully saturated rings. The molecule has 0 aliphatic rings. The van der Waals surface area contributed by atoms with Gasteiger partial charge >= 0.3 is 0 Å². The van der Waals surface area contributed by atoms with E-state index in [1.165, 1.54) is 12.1 Å². The molecular formula is C11H16FNOS. The molecule has 1 unspecified atom stereocenters. The number of benzene rings is 1. The summed E-state index contributed by atoms with van der Waals surface area (Å²) in [7, 11) is 1.67. The summed E-state index contributed by atoms with van der Waals surface area (Å²) in [4.78, 5) is 0. The zero-order chi connectivity index (χ0) is 11.1. The van der Waals surface area contributed by atoms with Gasteiger partial charge in [-0.25, -0.2) is 4.39 Å². The van der Waals surface area contributed by atoms with Crippen molar-refractivity contribution in [3.8, 4) is 0 Å². The zero-order valence-electron chi connectivity index (χ0n) is 8.78. The van der Waals surface area contributed by atoms with Gasteiger partial charge in [0.05, 0.1) is 6.61 Å². The Morgan fingerprint density at radius 2 is 2.33 bits per heavy atom. The van der Waals surface area contributed by atoms with Crippen LogP contribution in [0.2, 0.25) is 0 Å². The maximum absolute atomic E-state index is 12.9. The minimum absolute atomic E-state index is 0.109. The van der Waals surface area contributed by atoms with Gasteiger partial charge in [-0.1, -0.05) is 12.1 Å². The largest absolute Gasteiger partial charge is 0.384 e. The summed E-state index contributed by atoms with van der Waals surface area (Å²) in [5.74, 6) is 1.47. The molecule has 0 bridgehead atoms. The molecule has 2 N–H and O–H groups in total. The third-order valence-corrected chi connectivity index (χ3v) is 3.06. The number of thioether (sulfide) groups is 1. The fourth-order valence-corrected chi connectivity index (χ4v) is 2.08. The maximum Gasteiger partial charge on any atom is 0.123 e. The smallest absolute Gasteiger partial charge is 0.123 e. The first kappa shape index (κ1) is 12.5. The summed E-state index contributed by atoms with van der Waals surface area (Å²) in [6.45, 7) is 0.723. The van der Waals surface area contributed by atoms with Crippen molar-refractivity contribution in [2.45, 2.75) is 6.04 Å². The van der Waals surface area contributed by atoms with Gasteiger partial charge < -0.3 is 10.5 Å². The Balaban J connectivity index is 2.36. The van der Waals surface area contributed by atoms with E-state index in [1.54, 1.807) is 24.9 Å². The second kappa shape index (κ2) is 6.82. The lowest BCUT2D eigenvalue weighted by molar-refractivity contribution is 0.218. The van der Waals surface area contributed by atoms with Gasteiger partial charge in [0.2, 0.25) is 0 Å². The summed E-state index contributed by atoms with van der Waals surface area (Å²) in [6.07, 6.45) is 0. The first-order valence-corrected chi connectivity index (χ1v) is 5.97. The summed E-state index contributed by atoms with van der Waals surface area (Å²) in [6, 6.07) is 6.34. The number of hydrogen-bond acceptors (Lipinski definition) is 3. The fourth-order valence-electron chi connectivity index (χ4n) is 1.19. The van der Waals surface area contributed by atoms with Crippen molar-refractivity contribution in [3.05, 3.63) is 35.6 Å². The van der Waals surface area contributed by atoms with E-state index in [2.05, 4.69) is 0 Å². The molecule has 0 aliphatic heterocycles. The molecule has 0 heterocycles. The van der Waals surface area contributed by atoms with Crippen LogP contribution in [-0.4, -0.2) is 25.2 Å². The summed E-state index contributed by atoms with van der Waals surface area (Å²) >= 11 is 1.71. The monoisotopic (exact) mass is 229 g/mol. The Morgan fingerprint density at radius 3 is 3.00 bits per heavy atom. The first-order valence-electron chi connectivity index (χ1n) is 4.81. The Morgan fingerprint density at radius 1 is 1.53 bits per heavy atom. The third kappa shape index (κ3) is 4.64. The number of halogens is 1. The number of methoxy groups -OCH3 is 1. The highest BCUT2D eigenvalue weighted by Gasteiger charge is 2.06. The van der Waals surface area contributed by atoms with Crippen molar-refractivity contribution in [2.75, 3.05) is 25.2 Å². The molecule has 0 aromatic heterocycles. The summed E-state index contributed by atoms with van der Waals surface area (Å²) in [5.41, 5.74) is 6.76. The van der Waals surface area contributed by atoms with Gasteiger partial charge in [0.1, 0.15) is 5.82 Å². The van der Waals surface area contributed by atoms with E-state index in [9.17, 15) is 4.39 Å². The van der Waals surface area contributed by atoms with Crippen LogP contribution in [0.1, 0.15) is 11.6 Å². The van der Waals surface area contributed by atoms with Gasteiger partial charge in [-0.15, -0.1) is 0 Å². The van der Waals surface area contributed by atoms with Gasteiger partial charge in [-0.3, -0.25) is 0 Å². The molecule has 0 spiro atoms. The number of hydrogen-bond donors (Lipinski definition) is 1. The van der Waals surface area contributed by atoms with Crippen molar-refractivity contribution in [2.24, 2.45) is 5.73 Å². The van der Waals surface area contributed by atoms with Crippen LogP contribution >= 0.6 is 11.8 Å². The predicted molar refractivity (Wildman–Crippen MR) is 62.5 cm³/mol. The van der Waals surface area contributed by atoms with Crippen LogP contribution < -0.4 is 5.73 Å². The molecule has 2 nitrogen and oxygen atoms in total. The predicted octanol–water partition coefficient (Wildman–Crippen LogP) is 2.21. The van der Waals surface area contributed by atoms with Crippen molar-refractivity contribution in [3.63, 3.8) is 0 Å². The van der Waals surface area contributed by atoms with E-state index in [0.29, 0.717) is 0 Å². The van der Waals surface area contributed by atoms with Crippen LogP contribution in [0.4, 0.5) is 4.39 Å². The molecule has 1 atom stereocenters. The minimum atomic E-state index is -0.232. The van der Waals surface area contributed by atoms with Gasteiger partial charge in [-0.05, 0) is 17.7 Å². The average Bonchev–Trinajstić information content (AvgIpc) is 2.24. The van der Waals surface area contributed by atoms with Crippen LogP contribution in [0.25, 0.3) is 0 Å². The van der Waals surface area contributed by atoms with E-state index < -0.39 is 0 Å². The van der Waals surface area contributed by atoms with Crippen molar-refractivity contribution in [1.82, 2.24) is 0 Å². The normalized spacial score (nSPS) is 12.7. The maximum atomic E-state index is 12.9. The molecule has 1 aromatic carbocycles. The number of rotatable bonds is 6. The third-order valence-electron chi connectivity index (χ3n) is 2.01. The van der Waals surface area contributed by atoms with E-state index in [0.717, 1.165) is 23.7 Å². The van der Waals surface area contributed by atoms with E-state index in [4.69, 9.17) is 10.5 Å². The first-order chi connectivity index (χ1) is 7.24. The molecular weight excluding hydrogens is 213 g/mol. The van der Waals surface area contributed by atoms with Crippen LogP contribution in [-0.2, 0) is 4.74 Å². The van der Waals surface area contributed by atoms with Crippen LogP contribution in [0, 0.1) is 5.82 Å². The van der Waals surface area contributed by atoms with Crippen molar-refractivity contribution in [1.29, 1.82) is 0 Å². The highest BCUT2D eigenvalue weighted by molar-refractivity contribution is 7.99. The summed E-state index contributed by atoms with van der Waals surface area (Å²) in [5, 5.41) is 0. The lowest BCUT2D eigenvalue weighted by atomic mass is 10.1. The van der Waals surface area contributed by atoms with E-state index >= 15 is 0 Å². The van der Waals surface area contributed by atoms with E-state index in [1.807, 2.05) is 6.07 Å². The molecule has 0 saturated carbocycles. The SMILES string of the molecule is COCCSCC(N)c1cccc(F)c1. The molecule has 0 saturated heterocycles. The van der Waals surface area contributed by atoms with Crippen molar-refractivity contribution < 1.29 is 9.13 Å². The lowest BCUT2D eigenvalue weighted by Crippen LogP contribution is -2.13. The average molecular weight is 229 g/mol. The van der Waals surface area contributed by atoms with Gasteiger partial charge in [0.25, 0.3) is 0 Å².